The van der Waals surface area contributed by atoms with E-state index in [2.05, 4.69) is 10.6 Å². The minimum absolute atomic E-state index is 0.0122. The molecule has 5 nitrogen and oxygen atoms in total. The predicted molar refractivity (Wildman–Crippen MR) is 86.4 cm³/mol. The molecule has 0 spiro atoms. The molecule has 2 aromatic rings. The van der Waals surface area contributed by atoms with E-state index in [4.69, 9.17) is 28.9 Å². The lowest BCUT2D eigenvalue weighted by molar-refractivity contribution is 0.0698. The van der Waals surface area contributed by atoms with Gasteiger partial charge in [-0.25, -0.2) is 4.79 Å². The van der Waals surface area contributed by atoms with E-state index in [0.29, 0.717) is 9.90 Å². The summed E-state index contributed by atoms with van der Waals surface area (Å²) in [6.07, 6.45) is 0. The molecule has 2 rings (SSSR count). The van der Waals surface area contributed by atoms with Gasteiger partial charge in [0.1, 0.15) is 0 Å². The van der Waals surface area contributed by atoms with Gasteiger partial charge >= 0.3 is 5.97 Å². The zero-order valence-electron chi connectivity index (χ0n) is 10.4. The maximum atomic E-state index is 11.8. The Bertz CT molecular complexity index is 701. The molecule has 0 saturated heterocycles. The Kier molecular flexibility index (Phi) is 4.89. The average Bonchev–Trinajstić information content (AvgIpc) is 2.94. The Balaban J connectivity index is 2.10. The van der Waals surface area contributed by atoms with Gasteiger partial charge in [0.2, 0.25) is 0 Å². The quantitative estimate of drug-likeness (QED) is 0.748. The van der Waals surface area contributed by atoms with Gasteiger partial charge in [0.25, 0.3) is 5.91 Å². The number of thiocarbonyl (C=S) groups is 1. The van der Waals surface area contributed by atoms with Crippen molar-refractivity contribution in [2.75, 3.05) is 5.32 Å². The molecule has 21 heavy (non-hydrogen) atoms. The number of anilines is 1. The van der Waals surface area contributed by atoms with Gasteiger partial charge in [0.05, 0.1) is 16.1 Å². The molecule has 1 heterocycles. The zero-order valence-corrected chi connectivity index (χ0v) is 12.8. The highest BCUT2D eigenvalue weighted by Crippen LogP contribution is 2.20. The van der Waals surface area contributed by atoms with Crippen molar-refractivity contribution in [3.63, 3.8) is 0 Å². The third-order valence-electron chi connectivity index (χ3n) is 2.43. The number of hydrogen-bond acceptors (Lipinski definition) is 4. The molecule has 0 aliphatic heterocycles. The van der Waals surface area contributed by atoms with E-state index in [-0.39, 0.29) is 22.3 Å². The van der Waals surface area contributed by atoms with Crippen LogP contribution in [0.4, 0.5) is 5.69 Å². The van der Waals surface area contributed by atoms with Crippen LogP contribution in [0.25, 0.3) is 0 Å². The molecule has 108 valence electrons. The molecule has 0 saturated carbocycles. The third kappa shape index (κ3) is 4.01. The van der Waals surface area contributed by atoms with Crippen LogP contribution in [-0.4, -0.2) is 22.1 Å². The van der Waals surface area contributed by atoms with E-state index in [9.17, 15) is 9.59 Å². The summed E-state index contributed by atoms with van der Waals surface area (Å²) in [6.45, 7) is 0. The maximum Gasteiger partial charge on any atom is 0.337 e. The lowest BCUT2D eigenvalue weighted by Crippen LogP contribution is -2.34. The molecule has 0 aliphatic rings. The molecule has 0 atom stereocenters. The number of carboxylic acids is 1. The third-order valence-corrected chi connectivity index (χ3v) is 3.74. The number of hydrogen-bond donors (Lipinski definition) is 3. The summed E-state index contributed by atoms with van der Waals surface area (Å²) in [6, 6.07) is 7.72. The van der Waals surface area contributed by atoms with Crippen molar-refractivity contribution < 1.29 is 14.7 Å². The molecule has 1 aromatic heterocycles. The number of amides is 1. The molecule has 8 heteroatoms. The van der Waals surface area contributed by atoms with Gasteiger partial charge in [-0.2, -0.15) is 0 Å². The second-order valence-corrected chi connectivity index (χ2v) is 5.67. The highest BCUT2D eigenvalue weighted by Gasteiger charge is 2.13. The van der Waals surface area contributed by atoms with E-state index >= 15 is 0 Å². The maximum absolute atomic E-state index is 11.8. The Morgan fingerprint density at radius 2 is 2.05 bits per heavy atom. The fraction of sp³-hybridized carbons (Fsp3) is 0. The van der Waals surface area contributed by atoms with Crippen LogP contribution in [-0.2, 0) is 0 Å². The van der Waals surface area contributed by atoms with Gasteiger partial charge in [-0.05, 0) is 41.9 Å². The summed E-state index contributed by atoms with van der Waals surface area (Å²) in [5.41, 5.74) is 0.221. The van der Waals surface area contributed by atoms with Gasteiger partial charge in [-0.1, -0.05) is 17.7 Å². The van der Waals surface area contributed by atoms with E-state index in [1.165, 1.54) is 29.5 Å². The minimum Gasteiger partial charge on any atom is -0.478 e. The molecule has 0 fully saturated rings. The van der Waals surface area contributed by atoms with Gasteiger partial charge in [-0.15, -0.1) is 11.3 Å². The van der Waals surface area contributed by atoms with Crippen molar-refractivity contribution in [2.45, 2.75) is 0 Å². The first-order valence-electron chi connectivity index (χ1n) is 5.66. The molecule has 0 radical (unpaired) electrons. The van der Waals surface area contributed by atoms with Crippen LogP contribution in [0.1, 0.15) is 20.0 Å². The van der Waals surface area contributed by atoms with Crippen LogP contribution >= 0.6 is 35.2 Å². The molecule has 0 unspecified atom stereocenters. The van der Waals surface area contributed by atoms with E-state index in [0.717, 1.165) is 0 Å². The van der Waals surface area contributed by atoms with Crippen LogP contribution in [0.2, 0.25) is 5.02 Å². The number of carbonyl (C=O) groups excluding carboxylic acids is 1. The fourth-order valence-corrected chi connectivity index (χ4v) is 2.52. The van der Waals surface area contributed by atoms with Crippen molar-refractivity contribution in [1.29, 1.82) is 0 Å². The van der Waals surface area contributed by atoms with Crippen LogP contribution in [0.15, 0.2) is 35.7 Å². The number of thiophene rings is 1. The number of aromatic carboxylic acids is 1. The Morgan fingerprint density at radius 1 is 1.29 bits per heavy atom. The van der Waals surface area contributed by atoms with Crippen molar-refractivity contribution in [2.24, 2.45) is 0 Å². The van der Waals surface area contributed by atoms with E-state index < -0.39 is 5.97 Å². The first-order chi connectivity index (χ1) is 9.97. The lowest BCUT2D eigenvalue weighted by Gasteiger charge is -2.11. The number of rotatable bonds is 3. The standard InChI is InChI=1S/C13H9ClN2O3S2/c14-7-3-4-9(8(6-7)12(18)19)15-13(20)16-11(17)10-2-1-5-21-10/h1-6H,(H,18,19)(H2,15,16,17,20). The second-order valence-electron chi connectivity index (χ2n) is 3.88. The smallest absolute Gasteiger partial charge is 0.337 e. The normalized spacial score (nSPS) is 9.95. The van der Waals surface area contributed by atoms with E-state index in [1.54, 1.807) is 17.5 Å². The second kappa shape index (κ2) is 6.66. The number of carboxylic acid groups (broad SMARTS) is 1. The summed E-state index contributed by atoms with van der Waals surface area (Å²) >= 11 is 12.0. The van der Waals surface area contributed by atoms with E-state index in [1.807, 2.05) is 0 Å². The van der Waals surface area contributed by atoms with Gasteiger partial charge in [-0.3, -0.25) is 10.1 Å². The SMILES string of the molecule is O=C(NC(=S)Nc1ccc(Cl)cc1C(=O)O)c1cccs1. The summed E-state index contributed by atoms with van der Waals surface area (Å²) in [4.78, 5) is 23.5. The first kappa shape index (κ1) is 15.4. The Labute approximate surface area is 134 Å². The monoisotopic (exact) mass is 340 g/mol. The van der Waals surface area contributed by atoms with Crippen LogP contribution in [0.5, 0.6) is 0 Å². The Hall–Kier alpha value is -1.96. The van der Waals surface area contributed by atoms with Crippen LogP contribution in [0.3, 0.4) is 0 Å². The summed E-state index contributed by atoms with van der Waals surface area (Å²) in [7, 11) is 0. The number of benzene rings is 1. The van der Waals surface area contributed by atoms with Crippen LogP contribution < -0.4 is 10.6 Å². The number of nitrogens with one attached hydrogen (secondary N) is 2. The van der Waals surface area contributed by atoms with Gasteiger partial charge in [0.15, 0.2) is 5.11 Å². The largest absolute Gasteiger partial charge is 0.478 e. The minimum atomic E-state index is -1.15. The van der Waals surface area contributed by atoms with Gasteiger partial charge in [0, 0.05) is 5.02 Å². The fourth-order valence-electron chi connectivity index (χ4n) is 1.53. The first-order valence-corrected chi connectivity index (χ1v) is 7.32. The summed E-state index contributed by atoms with van der Waals surface area (Å²) < 4.78 is 0. The molecule has 3 N–H and O–H groups in total. The predicted octanol–water partition coefficient (Wildman–Crippen LogP) is 3.23. The molecule has 0 aliphatic carbocycles. The number of carbonyl (C=O) groups is 2. The Morgan fingerprint density at radius 3 is 2.67 bits per heavy atom. The average molecular weight is 341 g/mol. The molecular formula is C13H9ClN2O3S2. The molecule has 1 amide bonds. The highest BCUT2D eigenvalue weighted by atomic mass is 35.5. The van der Waals surface area contributed by atoms with Crippen molar-refractivity contribution in [1.82, 2.24) is 5.32 Å². The summed E-state index contributed by atoms with van der Waals surface area (Å²) in [5, 5.41) is 16.3. The van der Waals surface area contributed by atoms with Gasteiger partial charge < -0.3 is 10.4 Å². The number of halogens is 1. The molecule has 0 bridgehead atoms. The van der Waals surface area contributed by atoms with Crippen LogP contribution in [0, 0.1) is 0 Å². The van der Waals surface area contributed by atoms with Crippen molar-refractivity contribution >= 4 is 57.8 Å². The highest BCUT2D eigenvalue weighted by molar-refractivity contribution is 7.80. The summed E-state index contributed by atoms with van der Waals surface area (Å²) in [5.74, 6) is -1.50. The lowest BCUT2D eigenvalue weighted by atomic mass is 10.2. The van der Waals surface area contributed by atoms with Crippen molar-refractivity contribution in [3.8, 4) is 0 Å². The molecular weight excluding hydrogens is 332 g/mol. The van der Waals surface area contributed by atoms with Crippen molar-refractivity contribution in [3.05, 3.63) is 51.2 Å². The zero-order chi connectivity index (χ0) is 15.4. The topological polar surface area (TPSA) is 78.4 Å². The molecule has 1 aromatic carbocycles.